The zero-order valence-electron chi connectivity index (χ0n) is 11.7. The molecule has 0 bridgehead atoms. The topological polar surface area (TPSA) is 87.2 Å². The lowest BCUT2D eigenvalue weighted by Crippen LogP contribution is -2.08. The minimum atomic E-state index is -1.07. The molecule has 0 saturated heterocycles. The van der Waals surface area contributed by atoms with E-state index in [-0.39, 0.29) is 12.4 Å². The molecule has 3 rings (SSSR count). The van der Waals surface area contributed by atoms with Crippen molar-refractivity contribution in [3.05, 3.63) is 50.3 Å². The number of carboxylic acids is 1. The highest BCUT2D eigenvalue weighted by Gasteiger charge is 2.17. The molecule has 6 nitrogen and oxygen atoms in total. The smallest absolute Gasteiger partial charge is 0.323 e. The van der Waals surface area contributed by atoms with Crippen molar-refractivity contribution in [3.63, 3.8) is 0 Å². The van der Waals surface area contributed by atoms with Crippen LogP contribution in [-0.2, 0) is 11.3 Å². The number of allylic oxidation sites excluding steroid dienone is 1. The van der Waals surface area contributed by atoms with Crippen LogP contribution in [0.4, 0.5) is 0 Å². The number of carboxylic acid groups (broad SMARTS) is 1. The summed E-state index contributed by atoms with van der Waals surface area (Å²) in [6.07, 6.45) is 3.29. The van der Waals surface area contributed by atoms with Gasteiger partial charge >= 0.3 is 5.97 Å². The van der Waals surface area contributed by atoms with E-state index < -0.39 is 5.97 Å². The summed E-state index contributed by atoms with van der Waals surface area (Å²) < 4.78 is 1.48. The fourth-order valence-corrected chi connectivity index (χ4v) is 3.38. The van der Waals surface area contributed by atoms with E-state index in [1.165, 1.54) is 4.57 Å². The second-order valence-electron chi connectivity index (χ2n) is 4.69. The first kappa shape index (κ1) is 15.3. The molecule has 0 atom stereocenters. The van der Waals surface area contributed by atoms with Gasteiger partial charge in [-0.05, 0) is 18.3 Å². The molecule has 2 N–H and O–H groups in total. The normalized spacial score (nSPS) is 15.1. The number of benzene rings is 1. The van der Waals surface area contributed by atoms with Crippen LogP contribution in [0.3, 0.4) is 0 Å². The number of carbonyl (C=O) groups is 1. The number of aliphatic carboxylic acids is 1. The van der Waals surface area contributed by atoms with Gasteiger partial charge in [-0.3, -0.25) is 9.36 Å². The number of hydrogen-bond donors (Lipinski definition) is 2. The van der Waals surface area contributed by atoms with Crippen LogP contribution >= 0.6 is 23.6 Å². The Morgan fingerprint density at radius 2 is 2.09 bits per heavy atom. The van der Waals surface area contributed by atoms with Crippen LogP contribution in [-0.4, -0.2) is 32.7 Å². The van der Waals surface area contributed by atoms with Crippen molar-refractivity contribution >= 4 is 47.5 Å². The van der Waals surface area contributed by atoms with Gasteiger partial charge in [-0.2, -0.15) is 5.10 Å². The Kier molecular flexibility index (Phi) is 4.18. The van der Waals surface area contributed by atoms with Gasteiger partial charge in [0.1, 0.15) is 12.3 Å². The lowest BCUT2D eigenvalue weighted by Gasteiger charge is -2.02. The third-order valence-corrected chi connectivity index (χ3v) is 4.53. The van der Waals surface area contributed by atoms with Crippen LogP contribution in [0.2, 0.25) is 0 Å². The zero-order valence-corrected chi connectivity index (χ0v) is 13.3. The van der Waals surface area contributed by atoms with Gasteiger partial charge in [-0.15, -0.1) is 16.4 Å². The second-order valence-corrected chi connectivity index (χ2v) is 6.37. The van der Waals surface area contributed by atoms with Crippen molar-refractivity contribution in [1.29, 1.82) is 0 Å². The average Bonchev–Trinajstić information content (AvgIpc) is 3.09. The molecule has 0 aliphatic carbocycles. The minimum absolute atomic E-state index is 0.164. The average molecular weight is 345 g/mol. The quantitative estimate of drug-likeness (QED) is 0.834. The summed E-state index contributed by atoms with van der Waals surface area (Å²) in [5.74, 6) is -1.23. The lowest BCUT2D eigenvalue weighted by atomic mass is 10.0. The number of thiazole rings is 1. The molecule has 0 amide bonds. The number of hydrogen-bond acceptors (Lipinski definition) is 6. The SMILES string of the molecule is O=C(O)Cn1c(O)c(/C=C2\C=NN=C2c2ccccc2)sc1=S. The predicted octanol–water partition coefficient (Wildman–Crippen LogP) is 2.94. The Hall–Kier alpha value is -2.58. The molecule has 1 aliphatic rings. The lowest BCUT2D eigenvalue weighted by molar-refractivity contribution is -0.137. The van der Waals surface area contributed by atoms with Crippen molar-refractivity contribution in [1.82, 2.24) is 4.57 Å². The monoisotopic (exact) mass is 345 g/mol. The first-order valence-electron chi connectivity index (χ1n) is 6.59. The van der Waals surface area contributed by atoms with Crippen LogP contribution in [0, 0.1) is 3.95 Å². The summed E-state index contributed by atoms with van der Waals surface area (Å²) >= 11 is 6.25. The molecule has 0 radical (unpaired) electrons. The molecular weight excluding hydrogens is 334 g/mol. The maximum Gasteiger partial charge on any atom is 0.323 e. The van der Waals surface area contributed by atoms with E-state index in [9.17, 15) is 9.90 Å². The van der Waals surface area contributed by atoms with Crippen molar-refractivity contribution < 1.29 is 15.0 Å². The van der Waals surface area contributed by atoms with Crippen molar-refractivity contribution in [2.75, 3.05) is 0 Å². The fourth-order valence-electron chi connectivity index (χ4n) is 2.12. The molecule has 1 aromatic carbocycles. The van der Waals surface area contributed by atoms with E-state index in [1.54, 1.807) is 12.3 Å². The first-order valence-corrected chi connectivity index (χ1v) is 7.81. The van der Waals surface area contributed by atoms with Gasteiger partial charge < -0.3 is 10.2 Å². The van der Waals surface area contributed by atoms with Gasteiger partial charge in [0.2, 0.25) is 5.88 Å². The van der Waals surface area contributed by atoms with Gasteiger partial charge in [0, 0.05) is 11.1 Å². The highest BCUT2D eigenvalue weighted by atomic mass is 32.1. The molecule has 2 aromatic rings. The number of nitrogens with zero attached hydrogens (tertiary/aromatic N) is 3. The molecule has 2 heterocycles. The van der Waals surface area contributed by atoms with Crippen LogP contribution < -0.4 is 0 Å². The van der Waals surface area contributed by atoms with E-state index in [0.29, 0.717) is 14.5 Å². The Bertz CT molecular complexity index is 908. The third kappa shape index (κ3) is 3.13. The molecule has 8 heteroatoms. The molecule has 116 valence electrons. The van der Waals surface area contributed by atoms with E-state index in [2.05, 4.69) is 10.2 Å². The van der Waals surface area contributed by atoms with Crippen LogP contribution in [0.25, 0.3) is 6.08 Å². The van der Waals surface area contributed by atoms with Crippen LogP contribution in [0.5, 0.6) is 5.88 Å². The molecule has 0 fully saturated rings. The van der Waals surface area contributed by atoms with Crippen molar-refractivity contribution in [2.45, 2.75) is 6.54 Å². The highest BCUT2D eigenvalue weighted by Crippen LogP contribution is 2.29. The van der Waals surface area contributed by atoms with E-state index in [1.807, 2.05) is 30.3 Å². The molecule has 0 unspecified atom stereocenters. The Balaban J connectivity index is 1.99. The van der Waals surface area contributed by atoms with E-state index in [4.69, 9.17) is 17.3 Å². The number of rotatable bonds is 4. The zero-order chi connectivity index (χ0) is 16.4. The van der Waals surface area contributed by atoms with E-state index in [0.717, 1.165) is 22.5 Å². The Labute approximate surface area is 140 Å². The summed E-state index contributed by atoms with van der Waals surface area (Å²) in [7, 11) is 0. The van der Waals surface area contributed by atoms with Crippen LogP contribution in [0.15, 0.2) is 46.1 Å². The highest BCUT2D eigenvalue weighted by molar-refractivity contribution is 7.73. The minimum Gasteiger partial charge on any atom is -0.493 e. The summed E-state index contributed by atoms with van der Waals surface area (Å²) in [5.41, 5.74) is 2.32. The van der Waals surface area contributed by atoms with Gasteiger partial charge in [-0.1, -0.05) is 30.3 Å². The molecular formula is C15H11N3O3S2. The second kappa shape index (κ2) is 6.27. The Morgan fingerprint density at radius 1 is 1.35 bits per heavy atom. The van der Waals surface area contributed by atoms with Gasteiger partial charge in [0.05, 0.1) is 11.1 Å². The largest absolute Gasteiger partial charge is 0.493 e. The van der Waals surface area contributed by atoms with Crippen molar-refractivity contribution in [2.24, 2.45) is 10.2 Å². The summed E-state index contributed by atoms with van der Waals surface area (Å²) in [6, 6.07) is 9.54. The predicted molar refractivity (Wildman–Crippen MR) is 91.9 cm³/mol. The van der Waals surface area contributed by atoms with Crippen LogP contribution in [0.1, 0.15) is 10.4 Å². The van der Waals surface area contributed by atoms with Gasteiger partial charge in [-0.25, -0.2) is 0 Å². The summed E-state index contributed by atoms with van der Waals surface area (Å²) in [4.78, 5) is 11.3. The fraction of sp³-hybridized carbons (Fsp3) is 0.0667. The summed E-state index contributed by atoms with van der Waals surface area (Å²) in [6.45, 7) is -0.377. The number of aromatic hydroxyl groups is 1. The maximum absolute atomic E-state index is 10.8. The molecule has 23 heavy (non-hydrogen) atoms. The van der Waals surface area contributed by atoms with Gasteiger partial charge in [0.25, 0.3) is 0 Å². The Morgan fingerprint density at radius 3 is 2.78 bits per heavy atom. The standard InChI is InChI=1S/C15H11N3O3S2/c19-12(20)8-18-14(21)11(23-15(18)22)6-10-7-16-17-13(10)9-4-2-1-3-5-9/h1-7,21H,8H2,(H,19,20)/b10-6+. The molecule has 0 saturated carbocycles. The molecule has 1 aliphatic heterocycles. The molecule has 1 aromatic heterocycles. The number of aromatic nitrogens is 1. The maximum atomic E-state index is 10.8. The molecule has 0 spiro atoms. The van der Waals surface area contributed by atoms with E-state index >= 15 is 0 Å². The first-order chi connectivity index (χ1) is 11.1. The van der Waals surface area contributed by atoms with Gasteiger partial charge in [0.15, 0.2) is 3.95 Å². The summed E-state index contributed by atoms with van der Waals surface area (Å²) in [5, 5.41) is 27.1. The van der Waals surface area contributed by atoms with Crippen molar-refractivity contribution in [3.8, 4) is 5.88 Å². The third-order valence-electron chi connectivity index (χ3n) is 3.15.